The first kappa shape index (κ1) is 15.5. The van der Waals surface area contributed by atoms with Crippen molar-refractivity contribution in [3.63, 3.8) is 0 Å². The summed E-state index contributed by atoms with van der Waals surface area (Å²) in [6, 6.07) is 5.91. The van der Waals surface area contributed by atoms with E-state index >= 15 is 0 Å². The molecule has 3 heterocycles. The molecule has 1 N–H and O–H groups in total. The maximum absolute atomic E-state index is 13.1. The molecule has 1 amide bonds. The van der Waals surface area contributed by atoms with Crippen LogP contribution in [0, 0.1) is 12.7 Å². The molecule has 0 fully saturated rings. The maximum atomic E-state index is 13.1. The molecule has 0 saturated carbocycles. The number of carbonyl (C=O) groups excluding carboxylic acids is 1. The van der Waals surface area contributed by atoms with Crippen LogP contribution in [-0.2, 0) is 13.0 Å². The molecule has 0 spiro atoms. The lowest BCUT2D eigenvalue weighted by Gasteiger charge is -2.24. The summed E-state index contributed by atoms with van der Waals surface area (Å²) in [6.07, 6.45) is 5.35. The summed E-state index contributed by atoms with van der Waals surface area (Å²) < 4.78 is 16.6. The lowest BCUT2D eigenvalue weighted by molar-refractivity contribution is 0.0917. The molecular weight excluding hydrogens is 323 g/mol. The van der Waals surface area contributed by atoms with E-state index in [9.17, 15) is 9.18 Å². The van der Waals surface area contributed by atoms with Gasteiger partial charge in [-0.25, -0.2) is 19.0 Å². The molecule has 2 aromatic heterocycles. The van der Waals surface area contributed by atoms with Gasteiger partial charge in [0.05, 0.1) is 5.69 Å². The van der Waals surface area contributed by atoms with Gasteiger partial charge >= 0.3 is 0 Å². The normalized spacial score (nSPS) is 16.5. The van der Waals surface area contributed by atoms with Crippen molar-refractivity contribution in [1.29, 1.82) is 0 Å². The zero-order chi connectivity index (χ0) is 17.4. The molecule has 4 rings (SSSR count). The van der Waals surface area contributed by atoms with E-state index in [4.69, 9.17) is 0 Å². The van der Waals surface area contributed by atoms with E-state index in [0.717, 1.165) is 18.7 Å². The molecule has 1 atom stereocenters. The Kier molecular flexibility index (Phi) is 3.79. The zero-order valence-electron chi connectivity index (χ0n) is 13.7. The fraction of sp³-hybridized carbons (Fsp3) is 0.294. The summed E-state index contributed by atoms with van der Waals surface area (Å²) in [5, 5.41) is 7.24. The second-order valence-corrected chi connectivity index (χ2v) is 6.08. The third-order valence-electron chi connectivity index (χ3n) is 4.31. The molecule has 7 nitrogen and oxygen atoms in total. The number of benzene rings is 1. The van der Waals surface area contributed by atoms with Gasteiger partial charge in [0, 0.05) is 31.4 Å². The van der Waals surface area contributed by atoms with Gasteiger partial charge in [0.15, 0.2) is 0 Å². The number of aryl methyl sites for hydroxylation is 2. The van der Waals surface area contributed by atoms with Gasteiger partial charge in [-0.2, -0.15) is 0 Å². The van der Waals surface area contributed by atoms with E-state index in [1.807, 2.05) is 10.8 Å². The van der Waals surface area contributed by atoms with E-state index in [1.165, 1.54) is 16.8 Å². The van der Waals surface area contributed by atoms with Crippen LogP contribution < -0.4 is 5.32 Å². The first-order valence-electron chi connectivity index (χ1n) is 8.10. The van der Waals surface area contributed by atoms with Crippen LogP contribution in [-0.4, -0.2) is 36.3 Å². The highest BCUT2D eigenvalue weighted by Gasteiger charge is 2.23. The fourth-order valence-electron chi connectivity index (χ4n) is 3.05. The van der Waals surface area contributed by atoms with Crippen LogP contribution in [0.2, 0.25) is 0 Å². The standard InChI is InChI=1S/C17H17FN6O/c1-11-20-16(22-24(11)14-5-2-12(18)3-6-14)17(25)21-13-4-7-15-19-8-9-23(15)10-13/h2-3,5-6,8-9,13H,4,7,10H2,1H3,(H,21,25). The van der Waals surface area contributed by atoms with Crippen molar-refractivity contribution in [1.82, 2.24) is 29.6 Å². The van der Waals surface area contributed by atoms with Gasteiger partial charge in [0.2, 0.25) is 5.82 Å². The second kappa shape index (κ2) is 6.12. The first-order valence-corrected chi connectivity index (χ1v) is 8.10. The highest BCUT2D eigenvalue weighted by molar-refractivity contribution is 5.90. The number of aromatic nitrogens is 5. The molecule has 8 heteroatoms. The van der Waals surface area contributed by atoms with Crippen molar-refractivity contribution in [2.45, 2.75) is 32.4 Å². The minimum Gasteiger partial charge on any atom is -0.345 e. The zero-order valence-corrected chi connectivity index (χ0v) is 13.7. The van der Waals surface area contributed by atoms with Crippen molar-refractivity contribution < 1.29 is 9.18 Å². The van der Waals surface area contributed by atoms with Crippen LogP contribution in [0.25, 0.3) is 5.69 Å². The third-order valence-corrected chi connectivity index (χ3v) is 4.31. The molecule has 0 aliphatic carbocycles. The smallest absolute Gasteiger partial charge is 0.291 e. The molecule has 3 aromatic rings. The number of fused-ring (bicyclic) bond motifs is 1. The van der Waals surface area contributed by atoms with Crippen LogP contribution in [0.15, 0.2) is 36.7 Å². The summed E-state index contributed by atoms with van der Waals surface area (Å²) in [7, 11) is 0. The van der Waals surface area contributed by atoms with E-state index < -0.39 is 0 Å². The van der Waals surface area contributed by atoms with E-state index in [0.29, 0.717) is 18.1 Å². The number of hydrogen-bond donors (Lipinski definition) is 1. The Morgan fingerprint density at radius 3 is 2.92 bits per heavy atom. The molecule has 1 aliphatic rings. The number of rotatable bonds is 3. The van der Waals surface area contributed by atoms with Gasteiger partial charge < -0.3 is 9.88 Å². The number of nitrogens with zero attached hydrogens (tertiary/aromatic N) is 5. The highest BCUT2D eigenvalue weighted by atomic mass is 19.1. The first-order chi connectivity index (χ1) is 12.1. The van der Waals surface area contributed by atoms with Gasteiger partial charge in [-0.3, -0.25) is 4.79 Å². The van der Waals surface area contributed by atoms with E-state index in [1.54, 1.807) is 25.3 Å². The molecular formula is C17H17FN6O. The molecule has 128 valence electrons. The third kappa shape index (κ3) is 3.02. The topological polar surface area (TPSA) is 77.6 Å². The molecule has 25 heavy (non-hydrogen) atoms. The predicted octanol–water partition coefficient (Wildman–Crippen LogP) is 1.66. The minimum atomic E-state index is -0.323. The summed E-state index contributed by atoms with van der Waals surface area (Å²) in [5.41, 5.74) is 0.658. The van der Waals surface area contributed by atoms with Crippen LogP contribution in [0.4, 0.5) is 4.39 Å². The summed E-state index contributed by atoms with van der Waals surface area (Å²) in [6.45, 7) is 2.45. The summed E-state index contributed by atoms with van der Waals surface area (Å²) >= 11 is 0. The summed E-state index contributed by atoms with van der Waals surface area (Å²) in [4.78, 5) is 21.0. The van der Waals surface area contributed by atoms with Crippen LogP contribution in [0.5, 0.6) is 0 Å². The van der Waals surface area contributed by atoms with Crippen LogP contribution in [0.1, 0.15) is 28.7 Å². The Hall–Kier alpha value is -3.03. The highest BCUT2D eigenvalue weighted by Crippen LogP contribution is 2.14. The molecule has 1 aromatic carbocycles. The Morgan fingerprint density at radius 1 is 1.32 bits per heavy atom. The monoisotopic (exact) mass is 340 g/mol. The molecule has 0 radical (unpaired) electrons. The van der Waals surface area contributed by atoms with E-state index in [2.05, 4.69) is 20.4 Å². The van der Waals surface area contributed by atoms with Crippen molar-refractivity contribution in [3.8, 4) is 5.69 Å². The minimum absolute atomic E-state index is 0.0206. The van der Waals surface area contributed by atoms with Gasteiger partial charge in [-0.1, -0.05) is 0 Å². The van der Waals surface area contributed by atoms with Gasteiger partial charge in [-0.15, -0.1) is 5.10 Å². The number of nitrogens with one attached hydrogen (secondary N) is 1. The lowest BCUT2D eigenvalue weighted by Crippen LogP contribution is -2.41. The quantitative estimate of drug-likeness (QED) is 0.786. The molecule has 1 unspecified atom stereocenters. The van der Waals surface area contributed by atoms with E-state index in [-0.39, 0.29) is 23.6 Å². The van der Waals surface area contributed by atoms with Gasteiger partial charge in [-0.05, 0) is 37.6 Å². The molecule has 1 aliphatic heterocycles. The number of imidazole rings is 1. The van der Waals surface area contributed by atoms with Crippen molar-refractivity contribution in [2.75, 3.05) is 0 Å². The number of halogens is 1. The SMILES string of the molecule is Cc1nc(C(=O)NC2CCc3nccn3C2)nn1-c1ccc(F)cc1. The molecule has 0 saturated heterocycles. The predicted molar refractivity (Wildman–Crippen MR) is 87.9 cm³/mol. The second-order valence-electron chi connectivity index (χ2n) is 6.08. The van der Waals surface area contributed by atoms with Crippen LogP contribution in [0.3, 0.4) is 0 Å². The fourth-order valence-corrected chi connectivity index (χ4v) is 3.05. The van der Waals surface area contributed by atoms with Gasteiger partial charge in [0.25, 0.3) is 5.91 Å². The molecule has 0 bridgehead atoms. The van der Waals surface area contributed by atoms with Gasteiger partial charge in [0.1, 0.15) is 17.5 Å². The average Bonchev–Trinajstić information content (AvgIpc) is 3.22. The Balaban J connectivity index is 1.50. The van der Waals surface area contributed by atoms with Crippen LogP contribution >= 0.6 is 0 Å². The number of amides is 1. The Labute approximate surface area is 143 Å². The maximum Gasteiger partial charge on any atom is 0.291 e. The van der Waals surface area contributed by atoms with Crippen molar-refractivity contribution in [3.05, 3.63) is 59.9 Å². The Bertz CT molecular complexity index is 914. The number of hydrogen-bond acceptors (Lipinski definition) is 4. The average molecular weight is 340 g/mol. The van der Waals surface area contributed by atoms with Crippen molar-refractivity contribution >= 4 is 5.91 Å². The van der Waals surface area contributed by atoms with Crippen molar-refractivity contribution in [2.24, 2.45) is 0 Å². The largest absolute Gasteiger partial charge is 0.345 e. The number of carbonyl (C=O) groups is 1. The summed E-state index contributed by atoms with van der Waals surface area (Å²) in [5.74, 6) is 1.09. The Morgan fingerprint density at radius 2 is 2.12 bits per heavy atom. The lowest BCUT2D eigenvalue weighted by atomic mass is 10.1.